The number of amides is 4. The second-order valence-corrected chi connectivity index (χ2v) is 6.35. The molecule has 0 saturated carbocycles. The fraction of sp³-hybridized carbons (Fsp3) is 0.227. The molecule has 0 bridgehead atoms. The monoisotopic (exact) mass is 442 g/mol. The zero-order chi connectivity index (χ0) is 23.5. The Hall–Kier alpha value is -4.21. The number of ether oxygens (including phenoxy) is 3. The van der Waals surface area contributed by atoms with E-state index < -0.39 is 11.8 Å². The minimum Gasteiger partial charge on any atom is -0.493 e. The van der Waals surface area contributed by atoms with Gasteiger partial charge in [0, 0.05) is 23.5 Å². The molecule has 2 rings (SSSR count). The lowest BCUT2D eigenvalue weighted by molar-refractivity contribution is -0.115. The van der Waals surface area contributed by atoms with Crippen LogP contribution in [0.5, 0.6) is 17.2 Å². The molecule has 0 fully saturated rings. The van der Waals surface area contributed by atoms with E-state index in [1.807, 2.05) is 0 Å². The second kappa shape index (κ2) is 11.8. The normalized spacial score (nSPS) is 9.84. The number of methoxy groups -OCH3 is 3. The molecule has 10 heteroatoms. The van der Waals surface area contributed by atoms with Crippen LogP contribution in [0.15, 0.2) is 49.1 Å². The van der Waals surface area contributed by atoms with Crippen molar-refractivity contribution >= 4 is 29.2 Å². The number of hydrogen-bond acceptors (Lipinski definition) is 6. The lowest BCUT2D eigenvalue weighted by Gasteiger charge is -2.14. The van der Waals surface area contributed by atoms with Crippen molar-refractivity contribution < 1.29 is 28.6 Å². The summed E-state index contributed by atoms with van der Waals surface area (Å²) in [6.45, 7) is 3.62. The number of carbonyl (C=O) groups is 3. The maximum Gasteiger partial charge on any atom is 0.319 e. The van der Waals surface area contributed by atoms with Gasteiger partial charge in [0.05, 0.1) is 27.9 Å². The molecular formula is C22H26N4O6. The molecule has 10 nitrogen and oxygen atoms in total. The Morgan fingerprint density at radius 2 is 1.44 bits per heavy atom. The summed E-state index contributed by atoms with van der Waals surface area (Å²) in [5, 5.41) is 10.4. The van der Waals surface area contributed by atoms with Crippen LogP contribution < -0.4 is 35.5 Å². The van der Waals surface area contributed by atoms with Crippen molar-refractivity contribution in [1.29, 1.82) is 0 Å². The molecule has 0 atom stereocenters. The summed E-state index contributed by atoms with van der Waals surface area (Å²) in [7, 11) is 4.35. The molecule has 0 unspecified atom stereocenters. The molecule has 2 aromatic carbocycles. The van der Waals surface area contributed by atoms with Crippen molar-refractivity contribution in [3.05, 3.63) is 54.6 Å². The maximum atomic E-state index is 12.5. The van der Waals surface area contributed by atoms with Gasteiger partial charge in [0.2, 0.25) is 11.7 Å². The third-order valence-corrected chi connectivity index (χ3v) is 4.17. The fourth-order valence-electron chi connectivity index (χ4n) is 2.66. The topological polar surface area (TPSA) is 127 Å². The van der Waals surface area contributed by atoms with Crippen molar-refractivity contribution in [2.24, 2.45) is 0 Å². The Bertz CT molecular complexity index is 950. The van der Waals surface area contributed by atoms with E-state index in [-0.39, 0.29) is 18.1 Å². The molecule has 0 radical (unpaired) electrons. The van der Waals surface area contributed by atoms with Gasteiger partial charge in [-0.25, -0.2) is 4.79 Å². The van der Waals surface area contributed by atoms with Gasteiger partial charge in [-0.2, -0.15) is 0 Å². The molecule has 4 amide bonds. The number of benzene rings is 2. The number of anilines is 2. The van der Waals surface area contributed by atoms with E-state index in [1.54, 1.807) is 30.3 Å². The molecule has 0 aliphatic carbocycles. The predicted octanol–water partition coefficient (Wildman–Crippen LogP) is 2.39. The van der Waals surface area contributed by atoms with Gasteiger partial charge in [-0.15, -0.1) is 6.58 Å². The van der Waals surface area contributed by atoms with Gasteiger partial charge in [-0.05, 0) is 36.4 Å². The highest BCUT2D eigenvalue weighted by atomic mass is 16.5. The van der Waals surface area contributed by atoms with E-state index in [4.69, 9.17) is 14.2 Å². The van der Waals surface area contributed by atoms with Gasteiger partial charge in [-0.3, -0.25) is 9.59 Å². The van der Waals surface area contributed by atoms with Crippen molar-refractivity contribution in [2.45, 2.75) is 0 Å². The first-order valence-corrected chi connectivity index (χ1v) is 9.55. The molecule has 32 heavy (non-hydrogen) atoms. The smallest absolute Gasteiger partial charge is 0.319 e. The molecule has 0 aliphatic heterocycles. The minimum absolute atomic E-state index is 0.248. The molecule has 0 spiro atoms. The van der Waals surface area contributed by atoms with Crippen LogP contribution >= 0.6 is 0 Å². The molecule has 0 aliphatic rings. The van der Waals surface area contributed by atoms with E-state index in [0.717, 1.165) is 0 Å². The third-order valence-electron chi connectivity index (χ3n) is 4.17. The van der Waals surface area contributed by atoms with E-state index >= 15 is 0 Å². The van der Waals surface area contributed by atoms with Crippen LogP contribution in [0.2, 0.25) is 0 Å². The Morgan fingerprint density at radius 1 is 0.875 bits per heavy atom. The van der Waals surface area contributed by atoms with Crippen LogP contribution in [0.1, 0.15) is 10.4 Å². The summed E-state index contributed by atoms with van der Waals surface area (Å²) in [5.41, 5.74) is 1.31. The van der Waals surface area contributed by atoms with Gasteiger partial charge in [0.1, 0.15) is 0 Å². The summed E-state index contributed by atoms with van der Waals surface area (Å²) >= 11 is 0. The summed E-state index contributed by atoms with van der Waals surface area (Å²) in [4.78, 5) is 36.3. The molecule has 0 aromatic heterocycles. The zero-order valence-corrected chi connectivity index (χ0v) is 18.1. The lowest BCUT2D eigenvalue weighted by atomic mass is 10.1. The Morgan fingerprint density at radius 3 is 1.94 bits per heavy atom. The van der Waals surface area contributed by atoms with Crippen LogP contribution in [-0.4, -0.2) is 52.3 Å². The second-order valence-electron chi connectivity index (χ2n) is 6.35. The SMILES string of the molecule is C=CCNC(=O)Nc1ccc(NC(=O)CNC(=O)c2cc(OC)c(OC)c(OC)c2)cc1. The highest BCUT2D eigenvalue weighted by Gasteiger charge is 2.17. The van der Waals surface area contributed by atoms with Gasteiger partial charge < -0.3 is 35.5 Å². The van der Waals surface area contributed by atoms with Crippen molar-refractivity contribution in [2.75, 3.05) is 45.1 Å². The number of nitrogens with one attached hydrogen (secondary N) is 4. The average Bonchev–Trinajstić information content (AvgIpc) is 2.81. The quantitative estimate of drug-likeness (QED) is 0.419. The number of hydrogen-bond donors (Lipinski definition) is 4. The number of urea groups is 1. The Labute approximate surface area is 185 Å². The van der Waals surface area contributed by atoms with Gasteiger partial charge in [-0.1, -0.05) is 6.08 Å². The summed E-state index contributed by atoms with van der Waals surface area (Å²) < 4.78 is 15.7. The van der Waals surface area contributed by atoms with Crippen LogP contribution in [0.4, 0.5) is 16.2 Å². The summed E-state index contributed by atoms with van der Waals surface area (Å²) in [6.07, 6.45) is 1.57. The Balaban J connectivity index is 1.92. The van der Waals surface area contributed by atoms with E-state index in [2.05, 4.69) is 27.8 Å². The van der Waals surface area contributed by atoms with Crippen LogP contribution in [0.3, 0.4) is 0 Å². The average molecular weight is 442 g/mol. The third kappa shape index (κ3) is 6.66. The van der Waals surface area contributed by atoms with Gasteiger partial charge in [0.25, 0.3) is 5.91 Å². The van der Waals surface area contributed by atoms with Crippen molar-refractivity contribution in [3.8, 4) is 17.2 Å². The van der Waals surface area contributed by atoms with Crippen LogP contribution in [-0.2, 0) is 4.79 Å². The largest absolute Gasteiger partial charge is 0.493 e. The number of carbonyl (C=O) groups excluding carboxylic acids is 3. The minimum atomic E-state index is -0.482. The first kappa shape index (κ1) is 24.1. The Kier molecular flexibility index (Phi) is 8.91. The molecular weight excluding hydrogens is 416 g/mol. The first-order chi connectivity index (χ1) is 15.4. The predicted molar refractivity (Wildman–Crippen MR) is 121 cm³/mol. The summed E-state index contributed by atoms with van der Waals surface area (Å²) in [5.74, 6) is 0.113. The molecule has 0 saturated heterocycles. The maximum absolute atomic E-state index is 12.5. The molecule has 2 aromatic rings. The fourth-order valence-corrected chi connectivity index (χ4v) is 2.66. The molecule has 4 N–H and O–H groups in total. The van der Waals surface area contributed by atoms with Crippen molar-refractivity contribution in [3.63, 3.8) is 0 Å². The van der Waals surface area contributed by atoms with Crippen LogP contribution in [0, 0.1) is 0 Å². The van der Waals surface area contributed by atoms with Crippen molar-refractivity contribution in [1.82, 2.24) is 10.6 Å². The van der Waals surface area contributed by atoms with E-state index in [9.17, 15) is 14.4 Å². The lowest BCUT2D eigenvalue weighted by Crippen LogP contribution is -2.32. The summed E-state index contributed by atoms with van der Waals surface area (Å²) in [6, 6.07) is 9.15. The standard InChI is InChI=1S/C22H26N4O6/c1-5-10-23-22(29)26-16-8-6-15(7-9-16)25-19(27)13-24-21(28)14-11-17(30-2)20(32-4)18(12-14)31-3/h5-9,11-12H,1,10,13H2,2-4H3,(H,24,28)(H,25,27)(H2,23,26,29). The molecule has 0 heterocycles. The van der Waals surface area contributed by atoms with Gasteiger partial charge >= 0.3 is 6.03 Å². The number of rotatable bonds is 10. The molecule has 170 valence electrons. The van der Waals surface area contributed by atoms with Crippen LogP contribution in [0.25, 0.3) is 0 Å². The first-order valence-electron chi connectivity index (χ1n) is 9.55. The highest BCUT2D eigenvalue weighted by molar-refractivity contribution is 6.00. The highest BCUT2D eigenvalue weighted by Crippen LogP contribution is 2.38. The van der Waals surface area contributed by atoms with E-state index in [0.29, 0.717) is 35.2 Å². The zero-order valence-electron chi connectivity index (χ0n) is 18.1. The van der Waals surface area contributed by atoms with E-state index in [1.165, 1.54) is 33.5 Å². The van der Waals surface area contributed by atoms with Gasteiger partial charge in [0.15, 0.2) is 11.5 Å².